The molecule has 4 aromatic rings. The van der Waals surface area contributed by atoms with Crippen molar-refractivity contribution in [2.24, 2.45) is 5.73 Å². The Labute approximate surface area is 244 Å². The Hall–Kier alpha value is -4.06. The fourth-order valence-electron chi connectivity index (χ4n) is 6.11. The zero-order valence-corrected chi connectivity index (χ0v) is 23.7. The van der Waals surface area contributed by atoms with Gasteiger partial charge >= 0.3 is 0 Å². The van der Waals surface area contributed by atoms with E-state index in [0.717, 1.165) is 13.0 Å². The lowest BCUT2D eigenvalue weighted by atomic mass is 9.91. The average Bonchev–Trinajstić information content (AvgIpc) is 3.72. The highest BCUT2D eigenvalue weighted by Gasteiger charge is 2.44. The fraction of sp³-hybridized carbons (Fsp3) is 0.419. The highest BCUT2D eigenvalue weighted by molar-refractivity contribution is 5.84. The third-order valence-electron chi connectivity index (χ3n) is 8.47. The maximum atomic E-state index is 12.1. The summed E-state index contributed by atoms with van der Waals surface area (Å²) in [5.41, 5.74) is 9.71. The number of carbonyl (C=O) groups is 1. The zero-order valence-electron chi connectivity index (χ0n) is 23.7. The Balaban J connectivity index is 1.36. The number of hydrogen-bond donors (Lipinski definition) is 5. The molecule has 2 aromatic carbocycles. The Kier molecular flexibility index (Phi) is 8.05. The van der Waals surface area contributed by atoms with Gasteiger partial charge in [-0.3, -0.25) is 4.79 Å². The Morgan fingerprint density at radius 1 is 1.05 bits per heavy atom. The van der Waals surface area contributed by atoms with Gasteiger partial charge in [-0.15, -0.1) is 0 Å². The molecule has 1 amide bonds. The maximum absolute atomic E-state index is 12.1. The highest BCUT2D eigenvalue weighted by atomic mass is 16.3. The van der Waals surface area contributed by atoms with E-state index in [4.69, 9.17) is 15.7 Å². The minimum absolute atomic E-state index is 0.0425. The Bertz CT molecular complexity index is 1480. The molecule has 2 fully saturated rings. The summed E-state index contributed by atoms with van der Waals surface area (Å²) in [6, 6.07) is 19.7. The second kappa shape index (κ2) is 12.0. The van der Waals surface area contributed by atoms with Gasteiger partial charge in [0.2, 0.25) is 11.9 Å². The fourth-order valence-corrected chi connectivity index (χ4v) is 6.11. The van der Waals surface area contributed by atoms with Crippen molar-refractivity contribution in [2.45, 2.75) is 62.4 Å². The average molecular weight is 571 g/mol. The van der Waals surface area contributed by atoms with E-state index in [1.165, 1.54) is 11.1 Å². The van der Waals surface area contributed by atoms with E-state index in [1.54, 1.807) is 17.8 Å². The van der Waals surface area contributed by atoms with Gasteiger partial charge in [-0.25, -0.2) is 4.98 Å². The number of nitrogens with two attached hydrogens (primary N) is 1. The third kappa shape index (κ3) is 5.55. The van der Waals surface area contributed by atoms with Crippen molar-refractivity contribution in [3.63, 3.8) is 0 Å². The normalized spacial score (nSPS) is 24.0. The number of fused-ring (bicyclic) bond motifs is 1. The summed E-state index contributed by atoms with van der Waals surface area (Å²) in [5, 5.41) is 28.2. The second-order valence-electron chi connectivity index (χ2n) is 11.3. The van der Waals surface area contributed by atoms with Crippen LogP contribution >= 0.6 is 0 Å². The molecule has 42 heavy (non-hydrogen) atoms. The van der Waals surface area contributed by atoms with E-state index in [0.29, 0.717) is 48.9 Å². The van der Waals surface area contributed by atoms with E-state index in [-0.39, 0.29) is 17.9 Å². The van der Waals surface area contributed by atoms with Crippen LogP contribution in [0.1, 0.15) is 49.3 Å². The van der Waals surface area contributed by atoms with Crippen LogP contribution in [0.5, 0.6) is 0 Å². The predicted molar refractivity (Wildman–Crippen MR) is 161 cm³/mol. The molecule has 5 unspecified atom stereocenters. The topological polar surface area (TPSA) is 154 Å². The number of imidazole rings is 1. The summed E-state index contributed by atoms with van der Waals surface area (Å²) in [4.78, 5) is 28.6. The molecule has 1 aliphatic carbocycles. The molecule has 6 N–H and O–H groups in total. The van der Waals surface area contributed by atoms with Crippen molar-refractivity contribution in [3.8, 4) is 0 Å². The first-order valence-electron chi connectivity index (χ1n) is 14.7. The van der Waals surface area contributed by atoms with Crippen molar-refractivity contribution in [1.29, 1.82) is 0 Å². The van der Waals surface area contributed by atoms with Gasteiger partial charge in [0.15, 0.2) is 17.0 Å². The van der Waals surface area contributed by atoms with Gasteiger partial charge in [0.1, 0.15) is 12.2 Å². The summed E-state index contributed by atoms with van der Waals surface area (Å²) in [7, 11) is 0. The first-order valence-corrected chi connectivity index (χ1v) is 14.7. The minimum Gasteiger partial charge on any atom is -0.388 e. The Morgan fingerprint density at radius 3 is 2.36 bits per heavy atom. The molecule has 0 radical (unpaired) electrons. The summed E-state index contributed by atoms with van der Waals surface area (Å²) in [5.74, 6) is 1.03. The van der Waals surface area contributed by atoms with Gasteiger partial charge in [-0.1, -0.05) is 67.6 Å². The standard InChI is InChI=1S/C31H38N8O3/c1-2-25(40)35-23-15-24(28(42)27(23)41)39-18-34-26-29(36-31(37-30(26)39)38-14-13-21(32)17-38)33-16-22(19-9-5-3-6-10-19)20-11-7-4-8-12-20/h3-12,18,21-24,27-28,41-42H,2,13-17,32H2,1H3,(H,35,40)(H,33,36,37). The number of aromatic nitrogens is 4. The van der Waals surface area contributed by atoms with Crippen LogP contribution in [0.4, 0.5) is 11.8 Å². The number of aliphatic hydroxyl groups is 2. The van der Waals surface area contributed by atoms with Crippen LogP contribution in [0, 0.1) is 0 Å². The number of anilines is 2. The molecule has 220 valence electrons. The first-order chi connectivity index (χ1) is 20.4. The molecular formula is C31H38N8O3. The molecule has 2 aromatic heterocycles. The minimum atomic E-state index is -1.10. The summed E-state index contributed by atoms with van der Waals surface area (Å²) in [6.45, 7) is 3.71. The molecule has 1 aliphatic heterocycles. The molecule has 1 saturated heterocycles. The predicted octanol–water partition coefficient (Wildman–Crippen LogP) is 2.17. The quantitative estimate of drug-likeness (QED) is 0.204. The van der Waals surface area contributed by atoms with Crippen molar-refractivity contribution >= 4 is 28.8 Å². The number of amides is 1. The molecule has 3 heterocycles. The van der Waals surface area contributed by atoms with Gasteiger partial charge < -0.3 is 36.0 Å². The second-order valence-corrected chi connectivity index (χ2v) is 11.3. The van der Waals surface area contributed by atoms with Crippen LogP contribution in [-0.4, -0.2) is 79.6 Å². The molecule has 6 rings (SSSR count). The van der Waals surface area contributed by atoms with Crippen molar-refractivity contribution < 1.29 is 15.0 Å². The van der Waals surface area contributed by atoms with Crippen molar-refractivity contribution in [1.82, 2.24) is 24.8 Å². The highest BCUT2D eigenvalue weighted by Crippen LogP contribution is 2.35. The zero-order chi connectivity index (χ0) is 29.2. The van der Waals surface area contributed by atoms with Crippen LogP contribution in [0.3, 0.4) is 0 Å². The number of rotatable bonds is 9. The van der Waals surface area contributed by atoms with Gasteiger partial charge in [0.25, 0.3) is 0 Å². The number of aliphatic hydroxyl groups excluding tert-OH is 2. The van der Waals surface area contributed by atoms with E-state index in [1.807, 2.05) is 36.4 Å². The van der Waals surface area contributed by atoms with E-state index >= 15 is 0 Å². The maximum Gasteiger partial charge on any atom is 0.229 e. The third-order valence-corrected chi connectivity index (χ3v) is 8.47. The van der Waals surface area contributed by atoms with E-state index in [9.17, 15) is 15.0 Å². The van der Waals surface area contributed by atoms with Crippen molar-refractivity contribution in [3.05, 3.63) is 78.1 Å². The lowest BCUT2D eigenvalue weighted by molar-refractivity contribution is -0.122. The van der Waals surface area contributed by atoms with Gasteiger partial charge in [-0.2, -0.15) is 9.97 Å². The number of nitrogens with one attached hydrogen (secondary N) is 2. The summed E-state index contributed by atoms with van der Waals surface area (Å²) >= 11 is 0. The van der Waals surface area contributed by atoms with Crippen LogP contribution in [0.15, 0.2) is 67.0 Å². The first kappa shape index (κ1) is 28.1. The van der Waals surface area contributed by atoms with Crippen molar-refractivity contribution in [2.75, 3.05) is 29.9 Å². The summed E-state index contributed by atoms with van der Waals surface area (Å²) < 4.78 is 1.81. The van der Waals surface area contributed by atoms with Crippen LogP contribution < -0.4 is 21.3 Å². The van der Waals surface area contributed by atoms with Crippen LogP contribution in [0.2, 0.25) is 0 Å². The molecule has 5 atom stereocenters. The number of carbonyl (C=O) groups excluding carboxylic acids is 1. The lowest BCUT2D eigenvalue weighted by Gasteiger charge is -2.22. The summed E-state index contributed by atoms with van der Waals surface area (Å²) in [6.07, 6.45) is 0.936. The van der Waals surface area contributed by atoms with Gasteiger partial charge in [0.05, 0.1) is 18.4 Å². The molecule has 1 saturated carbocycles. The Morgan fingerprint density at radius 2 is 1.74 bits per heavy atom. The molecular weight excluding hydrogens is 532 g/mol. The number of hydrogen-bond acceptors (Lipinski definition) is 9. The molecule has 11 heteroatoms. The van der Waals surface area contributed by atoms with Crippen LogP contribution in [0.25, 0.3) is 11.2 Å². The number of benzene rings is 2. The molecule has 0 bridgehead atoms. The largest absolute Gasteiger partial charge is 0.388 e. The smallest absolute Gasteiger partial charge is 0.229 e. The molecule has 0 spiro atoms. The monoisotopic (exact) mass is 570 g/mol. The van der Waals surface area contributed by atoms with Gasteiger partial charge in [-0.05, 0) is 24.0 Å². The molecule has 2 aliphatic rings. The van der Waals surface area contributed by atoms with E-state index in [2.05, 4.69) is 44.8 Å². The van der Waals surface area contributed by atoms with E-state index < -0.39 is 24.3 Å². The molecule has 11 nitrogen and oxygen atoms in total. The SMILES string of the molecule is CCC(=O)NC1CC(n2cnc3c(NCC(c4ccccc4)c4ccccc4)nc(N4CCC(N)C4)nc32)C(O)C1O. The lowest BCUT2D eigenvalue weighted by Crippen LogP contribution is -2.42. The van der Waals surface area contributed by atoms with Gasteiger partial charge in [0, 0.05) is 38.0 Å². The van der Waals surface area contributed by atoms with Crippen LogP contribution in [-0.2, 0) is 4.79 Å². The number of nitrogens with zero attached hydrogens (tertiary/aromatic N) is 5.